The van der Waals surface area contributed by atoms with Crippen LogP contribution in [0.15, 0.2) is 36.5 Å². The number of fused-ring (bicyclic) bond motifs is 1. The Morgan fingerprint density at radius 1 is 1.08 bits per heavy atom. The summed E-state index contributed by atoms with van der Waals surface area (Å²) < 4.78 is 0. The normalized spacial score (nSPS) is 18.6. The van der Waals surface area contributed by atoms with Gasteiger partial charge in [0.2, 0.25) is 0 Å². The molecule has 1 saturated heterocycles. The molecule has 6 heteroatoms. The summed E-state index contributed by atoms with van der Waals surface area (Å²) in [5.74, 6) is 0. The van der Waals surface area contributed by atoms with Crippen molar-refractivity contribution in [2.45, 2.75) is 19.2 Å². The highest BCUT2D eigenvalue weighted by atomic mass is 35.5. The Hall–Kier alpha value is -1.66. The van der Waals surface area contributed by atoms with Crippen molar-refractivity contribution in [3.05, 3.63) is 58.9 Å². The van der Waals surface area contributed by atoms with Crippen molar-refractivity contribution in [2.75, 3.05) is 38.1 Å². The monoisotopic (exact) mass is 360 g/mol. The van der Waals surface area contributed by atoms with Crippen LogP contribution >= 0.6 is 12.4 Å². The number of anilines is 1. The van der Waals surface area contributed by atoms with E-state index in [2.05, 4.69) is 33.2 Å². The lowest BCUT2D eigenvalue weighted by molar-refractivity contribution is 0.215. The van der Waals surface area contributed by atoms with Crippen molar-refractivity contribution in [3.8, 4) is 0 Å². The molecule has 2 aromatic rings. The molecule has 1 atom stereocenters. The minimum Gasteiger partial charge on any atom is -0.382 e. The van der Waals surface area contributed by atoms with Gasteiger partial charge in [0.1, 0.15) is 6.10 Å². The summed E-state index contributed by atoms with van der Waals surface area (Å²) in [7, 11) is 2.15. The van der Waals surface area contributed by atoms with Gasteiger partial charge in [-0.05, 0) is 30.3 Å². The third-order valence-electron chi connectivity index (χ3n) is 5.09. The van der Waals surface area contributed by atoms with Gasteiger partial charge in [0.25, 0.3) is 0 Å². The van der Waals surface area contributed by atoms with Crippen LogP contribution in [0, 0.1) is 0 Å². The minimum atomic E-state index is -0.688. The largest absolute Gasteiger partial charge is 0.382 e. The molecule has 0 bridgehead atoms. The molecular formula is C19H25ClN4O. The van der Waals surface area contributed by atoms with E-state index in [0.29, 0.717) is 0 Å². The van der Waals surface area contributed by atoms with Crippen LogP contribution in [0.1, 0.15) is 28.5 Å². The molecule has 5 nitrogen and oxygen atoms in total. The number of rotatable bonds is 3. The van der Waals surface area contributed by atoms with Gasteiger partial charge in [0.05, 0.1) is 5.69 Å². The fourth-order valence-corrected chi connectivity index (χ4v) is 3.56. The number of nitrogens with one attached hydrogen (secondary N) is 1. The first-order valence-corrected chi connectivity index (χ1v) is 8.61. The predicted octanol–water partition coefficient (Wildman–Crippen LogP) is 1.94. The number of hydrogen-bond donors (Lipinski definition) is 2. The molecule has 2 aliphatic rings. The van der Waals surface area contributed by atoms with E-state index in [1.54, 1.807) is 0 Å². The Labute approximate surface area is 155 Å². The van der Waals surface area contributed by atoms with E-state index in [4.69, 9.17) is 0 Å². The van der Waals surface area contributed by atoms with Gasteiger partial charge >= 0.3 is 0 Å². The maximum atomic E-state index is 11.0. The molecule has 3 heterocycles. The SMILES string of the molecule is CN1CCN(c2ccccc2C(O)c2cc3c(cn2)CNC3)CC1.Cl. The van der Waals surface area contributed by atoms with Crippen LogP contribution in [0.25, 0.3) is 0 Å². The Bertz CT molecular complexity index is 731. The zero-order valence-electron chi connectivity index (χ0n) is 14.5. The smallest absolute Gasteiger partial charge is 0.123 e. The molecule has 4 rings (SSSR count). The first kappa shape index (κ1) is 18.1. The van der Waals surface area contributed by atoms with Gasteiger partial charge in [0, 0.05) is 56.7 Å². The molecule has 0 spiro atoms. The van der Waals surface area contributed by atoms with Crippen LogP contribution in [0.5, 0.6) is 0 Å². The van der Waals surface area contributed by atoms with Crippen molar-refractivity contribution in [3.63, 3.8) is 0 Å². The number of likely N-dealkylation sites (N-methyl/N-ethyl adjacent to an activating group) is 1. The highest BCUT2D eigenvalue weighted by molar-refractivity contribution is 5.85. The van der Waals surface area contributed by atoms with E-state index in [-0.39, 0.29) is 12.4 Å². The quantitative estimate of drug-likeness (QED) is 0.876. The summed E-state index contributed by atoms with van der Waals surface area (Å²) >= 11 is 0. The Morgan fingerprint density at radius 2 is 1.80 bits per heavy atom. The van der Waals surface area contributed by atoms with Gasteiger partial charge in [0.15, 0.2) is 0 Å². The molecule has 0 amide bonds. The molecule has 2 N–H and O–H groups in total. The summed E-state index contributed by atoms with van der Waals surface area (Å²) in [5.41, 5.74) is 5.28. The van der Waals surface area contributed by atoms with Gasteiger partial charge in [-0.1, -0.05) is 18.2 Å². The lowest BCUT2D eigenvalue weighted by Crippen LogP contribution is -2.44. The second kappa shape index (κ2) is 7.70. The van der Waals surface area contributed by atoms with Crippen molar-refractivity contribution in [1.29, 1.82) is 0 Å². The first-order chi connectivity index (χ1) is 11.7. The molecule has 0 aliphatic carbocycles. The summed E-state index contributed by atoms with van der Waals surface area (Å²) in [4.78, 5) is 9.21. The number of nitrogens with zero attached hydrogens (tertiary/aromatic N) is 3. The van der Waals surface area contributed by atoms with E-state index < -0.39 is 6.10 Å². The maximum absolute atomic E-state index is 11.0. The zero-order chi connectivity index (χ0) is 16.5. The lowest BCUT2D eigenvalue weighted by Gasteiger charge is -2.35. The summed E-state index contributed by atoms with van der Waals surface area (Å²) in [6.07, 6.45) is 1.21. The summed E-state index contributed by atoms with van der Waals surface area (Å²) in [6.45, 7) is 5.80. The van der Waals surface area contributed by atoms with Crippen LogP contribution in [-0.4, -0.2) is 48.2 Å². The van der Waals surface area contributed by atoms with Crippen LogP contribution in [0.2, 0.25) is 0 Å². The molecule has 134 valence electrons. The van der Waals surface area contributed by atoms with Gasteiger partial charge in [-0.2, -0.15) is 0 Å². The fourth-order valence-electron chi connectivity index (χ4n) is 3.56. The molecule has 1 aromatic heterocycles. The number of aromatic nitrogens is 1. The molecule has 1 fully saturated rings. The highest BCUT2D eigenvalue weighted by Crippen LogP contribution is 2.31. The van der Waals surface area contributed by atoms with Crippen LogP contribution in [-0.2, 0) is 13.1 Å². The van der Waals surface area contributed by atoms with E-state index in [1.807, 2.05) is 30.5 Å². The standard InChI is InChI=1S/C19H24N4O.ClH/c1-22-6-8-23(9-7-22)18-5-3-2-4-16(18)19(24)17-10-14-11-20-12-15(14)13-21-17;/h2-5,10,13,19-20,24H,6-9,11-12H2,1H3;1H. The number of piperazine rings is 1. The maximum Gasteiger partial charge on any atom is 0.123 e. The zero-order valence-corrected chi connectivity index (χ0v) is 15.3. The number of halogens is 1. The number of hydrogen-bond acceptors (Lipinski definition) is 5. The number of benzene rings is 1. The Balaban J connectivity index is 0.00000182. The van der Waals surface area contributed by atoms with Gasteiger partial charge in [-0.15, -0.1) is 12.4 Å². The fraction of sp³-hybridized carbons (Fsp3) is 0.421. The summed E-state index contributed by atoms with van der Waals surface area (Å²) in [5, 5.41) is 14.3. The molecule has 25 heavy (non-hydrogen) atoms. The van der Waals surface area contributed by atoms with E-state index in [9.17, 15) is 5.11 Å². The van der Waals surface area contributed by atoms with E-state index in [0.717, 1.165) is 56.2 Å². The van der Waals surface area contributed by atoms with E-state index >= 15 is 0 Å². The topological polar surface area (TPSA) is 51.6 Å². The van der Waals surface area contributed by atoms with Gasteiger partial charge in [-0.3, -0.25) is 4.98 Å². The summed E-state index contributed by atoms with van der Waals surface area (Å²) in [6, 6.07) is 10.2. The second-order valence-electron chi connectivity index (χ2n) is 6.73. The number of pyridine rings is 1. The van der Waals surface area contributed by atoms with Crippen LogP contribution < -0.4 is 10.2 Å². The lowest BCUT2D eigenvalue weighted by atomic mass is 10.0. The van der Waals surface area contributed by atoms with Crippen molar-refractivity contribution in [1.82, 2.24) is 15.2 Å². The highest BCUT2D eigenvalue weighted by Gasteiger charge is 2.23. The van der Waals surface area contributed by atoms with Crippen LogP contribution in [0.3, 0.4) is 0 Å². The molecular weight excluding hydrogens is 336 g/mol. The molecule has 0 radical (unpaired) electrons. The van der Waals surface area contributed by atoms with Crippen molar-refractivity contribution < 1.29 is 5.11 Å². The number of para-hydroxylation sites is 1. The second-order valence-corrected chi connectivity index (χ2v) is 6.73. The average Bonchev–Trinajstić information content (AvgIpc) is 3.09. The minimum absolute atomic E-state index is 0. The average molecular weight is 361 g/mol. The molecule has 0 saturated carbocycles. The van der Waals surface area contributed by atoms with Gasteiger partial charge < -0.3 is 20.2 Å². The first-order valence-electron chi connectivity index (χ1n) is 8.61. The van der Waals surface area contributed by atoms with Crippen LogP contribution in [0.4, 0.5) is 5.69 Å². The van der Waals surface area contributed by atoms with Crippen molar-refractivity contribution >= 4 is 18.1 Å². The Morgan fingerprint density at radius 3 is 2.60 bits per heavy atom. The Kier molecular flexibility index (Phi) is 5.59. The third kappa shape index (κ3) is 3.65. The molecule has 1 aromatic carbocycles. The molecule has 1 unspecified atom stereocenters. The van der Waals surface area contributed by atoms with Gasteiger partial charge in [-0.25, -0.2) is 0 Å². The molecule has 2 aliphatic heterocycles. The third-order valence-corrected chi connectivity index (χ3v) is 5.09. The number of aliphatic hydroxyl groups excluding tert-OH is 1. The number of aliphatic hydroxyl groups is 1. The predicted molar refractivity (Wildman–Crippen MR) is 102 cm³/mol. The van der Waals surface area contributed by atoms with Crippen molar-refractivity contribution in [2.24, 2.45) is 0 Å². The van der Waals surface area contributed by atoms with E-state index in [1.165, 1.54) is 11.1 Å².